The first-order valence-corrected chi connectivity index (χ1v) is 8.08. The van der Waals surface area contributed by atoms with Gasteiger partial charge in [-0.05, 0) is 35.4 Å². The van der Waals surface area contributed by atoms with E-state index < -0.39 is 12.0 Å². The van der Waals surface area contributed by atoms with E-state index in [0.29, 0.717) is 16.9 Å². The minimum atomic E-state index is -0.506. The van der Waals surface area contributed by atoms with E-state index in [2.05, 4.69) is 10.6 Å². The van der Waals surface area contributed by atoms with Crippen molar-refractivity contribution >= 4 is 23.4 Å². The van der Waals surface area contributed by atoms with E-state index in [1.807, 2.05) is 54.6 Å². The highest BCUT2D eigenvalue weighted by Gasteiger charge is 2.13. The van der Waals surface area contributed by atoms with Gasteiger partial charge >= 0.3 is 12.0 Å². The lowest BCUT2D eigenvalue weighted by Crippen LogP contribution is -2.21. The number of urea groups is 1. The summed E-state index contributed by atoms with van der Waals surface area (Å²) in [6.45, 7) is 0. The molecule has 0 saturated heterocycles. The number of methoxy groups -OCH3 is 1. The van der Waals surface area contributed by atoms with Crippen LogP contribution in [0.2, 0.25) is 0 Å². The molecular formula is C21H18N2O3. The molecule has 2 amide bonds. The number of anilines is 2. The van der Waals surface area contributed by atoms with Crippen LogP contribution < -0.4 is 10.6 Å². The van der Waals surface area contributed by atoms with E-state index in [1.165, 1.54) is 7.11 Å². The number of carbonyl (C=O) groups excluding carboxylic acids is 2. The highest BCUT2D eigenvalue weighted by molar-refractivity contribution is 6.05. The molecule has 5 nitrogen and oxygen atoms in total. The third-order valence-electron chi connectivity index (χ3n) is 3.83. The summed E-state index contributed by atoms with van der Waals surface area (Å²) in [6, 6.07) is 23.8. The van der Waals surface area contributed by atoms with Crippen molar-refractivity contribution in [2.24, 2.45) is 0 Å². The van der Waals surface area contributed by atoms with Gasteiger partial charge in [-0.3, -0.25) is 0 Å². The summed E-state index contributed by atoms with van der Waals surface area (Å²) in [5.41, 5.74) is 3.50. The molecule has 0 fully saturated rings. The van der Waals surface area contributed by atoms with Crippen molar-refractivity contribution in [1.29, 1.82) is 0 Å². The fraction of sp³-hybridized carbons (Fsp3) is 0.0476. The highest BCUT2D eigenvalue weighted by Crippen LogP contribution is 2.21. The molecule has 0 radical (unpaired) electrons. The van der Waals surface area contributed by atoms with Crippen LogP contribution in [0.25, 0.3) is 11.1 Å². The van der Waals surface area contributed by atoms with Crippen LogP contribution >= 0.6 is 0 Å². The minimum Gasteiger partial charge on any atom is -0.465 e. The number of para-hydroxylation sites is 1. The maximum atomic E-state index is 12.2. The molecule has 0 heterocycles. The van der Waals surface area contributed by atoms with Crippen LogP contribution in [0.5, 0.6) is 0 Å². The number of hydrogen-bond acceptors (Lipinski definition) is 3. The minimum absolute atomic E-state index is 0.296. The van der Waals surface area contributed by atoms with E-state index in [1.54, 1.807) is 24.3 Å². The number of benzene rings is 3. The van der Waals surface area contributed by atoms with Crippen molar-refractivity contribution < 1.29 is 14.3 Å². The van der Waals surface area contributed by atoms with Gasteiger partial charge < -0.3 is 15.4 Å². The Morgan fingerprint density at radius 3 is 2.04 bits per heavy atom. The van der Waals surface area contributed by atoms with Crippen LogP contribution in [0.15, 0.2) is 78.9 Å². The molecule has 0 aromatic heterocycles. The van der Waals surface area contributed by atoms with Gasteiger partial charge in [-0.1, -0.05) is 54.6 Å². The predicted octanol–water partition coefficient (Wildman–Crippen LogP) is 4.78. The van der Waals surface area contributed by atoms with Gasteiger partial charge in [0.2, 0.25) is 0 Å². The second-order valence-corrected chi connectivity index (χ2v) is 5.56. The van der Waals surface area contributed by atoms with Crippen LogP contribution in [0, 0.1) is 0 Å². The summed E-state index contributed by atoms with van der Waals surface area (Å²) in [6.07, 6.45) is 0. The van der Waals surface area contributed by atoms with Crippen molar-refractivity contribution in [3.05, 3.63) is 84.4 Å². The van der Waals surface area contributed by atoms with Crippen molar-refractivity contribution in [3.8, 4) is 11.1 Å². The molecule has 0 bridgehead atoms. The monoisotopic (exact) mass is 346 g/mol. The molecule has 2 N–H and O–H groups in total. The third-order valence-corrected chi connectivity index (χ3v) is 3.83. The molecule has 130 valence electrons. The van der Waals surface area contributed by atoms with Gasteiger partial charge in [0.25, 0.3) is 0 Å². The van der Waals surface area contributed by atoms with E-state index in [0.717, 1.165) is 11.1 Å². The summed E-state index contributed by atoms with van der Waals surface area (Å²) >= 11 is 0. The molecule has 0 aliphatic carbocycles. The lowest BCUT2D eigenvalue weighted by molar-refractivity contribution is 0.0602. The number of carbonyl (C=O) groups is 2. The molecular weight excluding hydrogens is 328 g/mol. The number of esters is 1. The molecule has 3 aromatic carbocycles. The zero-order valence-electron chi connectivity index (χ0n) is 14.2. The molecule has 5 heteroatoms. The van der Waals surface area contributed by atoms with E-state index in [9.17, 15) is 9.59 Å². The molecule has 3 aromatic rings. The normalized spacial score (nSPS) is 10.0. The first-order chi connectivity index (χ1) is 12.7. The van der Waals surface area contributed by atoms with Gasteiger partial charge in [-0.25, -0.2) is 9.59 Å². The zero-order chi connectivity index (χ0) is 18.4. The number of amides is 2. The summed E-state index contributed by atoms with van der Waals surface area (Å²) in [5.74, 6) is -0.506. The van der Waals surface area contributed by atoms with Crippen molar-refractivity contribution in [3.63, 3.8) is 0 Å². The Morgan fingerprint density at radius 2 is 1.35 bits per heavy atom. The average molecular weight is 346 g/mol. The SMILES string of the molecule is COC(=O)c1ccccc1NC(=O)Nc1ccc(-c2ccccc2)cc1. The fourth-order valence-electron chi connectivity index (χ4n) is 2.54. The highest BCUT2D eigenvalue weighted by atomic mass is 16.5. The lowest BCUT2D eigenvalue weighted by atomic mass is 10.1. The Labute approximate surface area is 151 Å². The molecule has 0 atom stereocenters. The second kappa shape index (κ2) is 7.98. The van der Waals surface area contributed by atoms with Crippen LogP contribution in [-0.4, -0.2) is 19.1 Å². The number of nitrogens with one attached hydrogen (secondary N) is 2. The van der Waals surface area contributed by atoms with Gasteiger partial charge in [0.05, 0.1) is 18.4 Å². The van der Waals surface area contributed by atoms with Crippen LogP contribution in [0.4, 0.5) is 16.2 Å². The lowest BCUT2D eigenvalue weighted by Gasteiger charge is -2.11. The number of hydrogen-bond donors (Lipinski definition) is 2. The van der Waals surface area contributed by atoms with Gasteiger partial charge in [0.15, 0.2) is 0 Å². The Kier molecular flexibility index (Phi) is 5.29. The summed E-state index contributed by atoms with van der Waals surface area (Å²) in [5, 5.41) is 5.42. The topological polar surface area (TPSA) is 67.4 Å². The number of ether oxygens (including phenoxy) is 1. The van der Waals surface area contributed by atoms with Gasteiger partial charge in [0.1, 0.15) is 0 Å². The molecule has 26 heavy (non-hydrogen) atoms. The largest absolute Gasteiger partial charge is 0.465 e. The third kappa shape index (κ3) is 4.08. The Morgan fingerprint density at radius 1 is 0.731 bits per heavy atom. The Balaban J connectivity index is 1.68. The Hall–Kier alpha value is -3.60. The van der Waals surface area contributed by atoms with Crippen molar-refractivity contribution in [2.45, 2.75) is 0 Å². The van der Waals surface area contributed by atoms with Gasteiger partial charge in [0, 0.05) is 5.69 Å². The first kappa shape index (κ1) is 17.2. The molecule has 0 aliphatic heterocycles. The Bertz CT molecular complexity index is 906. The van der Waals surface area contributed by atoms with Gasteiger partial charge in [-0.2, -0.15) is 0 Å². The molecule has 0 spiro atoms. The fourth-order valence-corrected chi connectivity index (χ4v) is 2.54. The maximum Gasteiger partial charge on any atom is 0.339 e. The standard InChI is InChI=1S/C21H18N2O3/c1-26-20(24)18-9-5-6-10-19(18)23-21(25)22-17-13-11-16(12-14-17)15-7-3-2-4-8-15/h2-14H,1H3,(H2,22,23,25). The van der Waals surface area contributed by atoms with Crippen molar-refractivity contribution in [1.82, 2.24) is 0 Å². The van der Waals surface area contributed by atoms with E-state index in [4.69, 9.17) is 4.74 Å². The van der Waals surface area contributed by atoms with E-state index in [-0.39, 0.29) is 0 Å². The quantitative estimate of drug-likeness (QED) is 0.668. The first-order valence-electron chi connectivity index (χ1n) is 8.08. The molecule has 0 aliphatic rings. The average Bonchev–Trinajstić information content (AvgIpc) is 2.69. The van der Waals surface area contributed by atoms with Crippen molar-refractivity contribution in [2.75, 3.05) is 17.7 Å². The molecule has 0 saturated carbocycles. The van der Waals surface area contributed by atoms with E-state index >= 15 is 0 Å². The van der Waals surface area contributed by atoms with Crippen LogP contribution in [0.1, 0.15) is 10.4 Å². The van der Waals surface area contributed by atoms with Crippen LogP contribution in [0.3, 0.4) is 0 Å². The van der Waals surface area contributed by atoms with Crippen LogP contribution in [-0.2, 0) is 4.74 Å². The molecule has 0 unspecified atom stereocenters. The molecule has 3 rings (SSSR count). The number of rotatable bonds is 4. The smallest absolute Gasteiger partial charge is 0.339 e. The van der Waals surface area contributed by atoms with Gasteiger partial charge in [-0.15, -0.1) is 0 Å². The predicted molar refractivity (Wildman–Crippen MR) is 102 cm³/mol. The maximum absolute atomic E-state index is 12.2. The zero-order valence-corrected chi connectivity index (χ0v) is 14.2. The summed E-state index contributed by atoms with van der Waals surface area (Å²) in [4.78, 5) is 24.0. The second-order valence-electron chi connectivity index (χ2n) is 5.56. The summed E-state index contributed by atoms with van der Waals surface area (Å²) < 4.78 is 4.72. The summed E-state index contributed by atoms with van der Waals surface area (Å²) in [7, 11) is 1.30.